The summed E-state index contributed by atoms with van der Waals surface area (Å²) >= 11 is 0. The second kappa shape index (κ2) is 17.0. The molecule has 6 heteroatoms. The summed E-state index contributed by atoms with van der Waals surface area (Å²) in [5.74, 6) is 1.15. The van der Waals surface area contributed by atoms with Crippen LogP contribution in [0.1, 0.15) is 58.2 Å². The summed E-state index contributed by atoms with van der Waals surface area (Å²) in [6, 6.07) is 80.7. The Labute approximate surface area is 419 Å². The first-order valence-corrected chi connectivity index (χ1v) is 25.0. The van der Waals surface area contributed by atoms with Crippen LogP contribution in [-0.2, 0) is 10.8 Å². The zero-order valence-electron chi connectivity index (χ0n) is 41.7. The molecule has 0 fully saturated rings. The van der Waals surface area contributed by atoms with Gasteiger partial charge in [0.1, 0.15) is 5.82 Å². The molecule has 10 aromatic rings. The van der Waals surface area contributed by atoms with Gasteiger partial charge >= 0.3 is 0 Å². The number of pyridine rings is 1. The van der Waals surface area contributed by atoms with Gasteiger partial charge in [-0.2, -0.15) is 0 Å². The zero-order chi connectivity index (χ0) is 48.6. The number of hydrogen-bond acceptors (Lipinski definition) is 4. The Morgan fingerprint density at radius 3 is 1.32 bits per heavy atom. The third-order valence-corrected chi connectivity index (χ3v) is 14.5. The molecule has 0 amide bonds. The summed E-state index contributed by atoms with van der Waals surface area (Å²) in [5, 5.41) is 0. The molecule has 0 aliphatic carbocycles. The van der Waals surface area contributed by atoms with Crippen molar-refractivity contribution in [3.63, 3.8) is 0 Å². The number of benzene rings is 8. The summed E-state index contributed by atoms with van der Waals surface area (Å²) < 4.78 is 2.41. The molecule has 2 aromatic heterocycles. The van der Waals surface area contributed by atoms with E-state index in [2.05, 4.69) is 297 Å². The molecule has 0 bridgehead atoms. The Bertz CT molecular complexity index is 3460. The van der Waals surface area contributed by atoms with Crippen molar-refractivity contribution in [1.29, 1.82) is 0 Å². The first kappa shape index (κ1) is 44.0. The van der Waals surface area contributed by atoms with Gasteiger partial charge in [0.25, 0.3) is 6.71 Å². The minimum Gasteiger partial charge on any atom is -0.311 e. The minimum atomic E-state index is -0.0622. The zero-order valence-corrected chi connectivity index (χ0v) is 41.7. The van der Waals surface area contributed by atoms with E-state index in [9.17, 15) is 0 Å². The lowest BCUT2D eigenvalue weighted by Crippen LogP contribution is -2.61. The molecule has 2 aliphatic rings. The number of hydrogen-bond donors (Lipinski definition) is 0. The minimum absolute atomic E-state index is 0.0354. The lowest BCUT2D eigenvalue weighted by atomic mass is 9.34. The largest absolute Gasteiger partial charge is 0.311 e. The van der Waals surface area contributed by atoms with Gasteiger partial charge in [0, 0.05) is 74.3 Å². The van der Waals surface area contributed by atoms with Crippen LogP contribution in [0.15, 0.2) is 225 Å². The highest BCUT2D eigenvalue weighted by Crippen LogP contribution is 2.48. The van der Waals surface area contributed by atoms with Gasteiger partial charge in [-0.15, -0.1) is 0 Å². The highest BCUT2D eigenvalue weighted by molar-refractivity contribution is 7.00. The summed E-state index contributed by atoms with van der Waals surface area (Å²) in [4.78, 5) is 9.81. The fraction of sp³-hybridized carbons (Fsp3) is 0.138. The van der Waals surface area contributed by atoms with Crippen LogP contribution in [0, 0.1) is 6.92 Å². The lowest BCUT2D eigenvalue weighted by Gasteiger charge is -2.43. The van der Waals surface area contributed by atoms with Gasteiger partial charge in [-0.3, -0.25) is 4.90 Å². The van der Waals surface area contributed by atoms with Crippen molar-refractivity contribution in [3.05, 3.63) is 241 Å². The van der Waals surface area contributed by atoms with Crippen LogP contribution in [-0.4, -0.2) is 11.1 Å². The van der Waals surface area contributed by atoms with Crippen LogP contribution in [0.5, 0.6) is 0 Å². The number of aryl methyl sites for hydroxylation is 1. The van der Waals surface area contributed by atoms with Crippen LogP contribution in [0.3, 0.4) is 0 Å². The van der Waals surface area contributed by atoms with Crippen molar-refractivity contribution in [2.75, 3.05) is 19.6 Å². The third-order valence-electron chi connectivity index (χ3n) is 14.5. The molecule has 0 unspecified atom stereocenters. The number of nitrogens with zero attached hydrogens (tertiary/aromatic N) is 5. The maximum atomic E-state index is 2.52. The predicted octanol–water partition coefficient (Wildman–Crippen LogP) is 15.9. The number of fused-ring (bicyclic) bond motifs is 6. The van der Waals surface area contributed by atoms with Crippen molar-refractivity contribution < 1.29 is 0 Å². The van der Waals surface area contributed by atoms with Crippen molar-refractivity contribution in [1.82, 2.24) is 4.40 Å². The van der Waals surface area contributed by atoms with Crippen LogP contribution in [0.2, 0.25) is 0 Å². The fourth-order valence-electron chi connectivity index (χ4n) is 11.0. The van der Waals surface area contributed by atoms with E-state index in [4.69, 9.17) is 0 Å². The van der Waals surface area contributed by atoms with Gasteiger partial charge in [0.15, 0.2) is 0 Å². The van der Waals surface area contributed by atoms with Crippen molar-refractivity contribution >= 4 is 97.0 Å². The van der Waals surface area contributed by atoms with Crippen LogP contribution in [0.4, 0.5) is 68.4 Å². The summed E-state index contributed by atoms with van der Waals surface area (Å²) in [5.41, 5.74) is 21.3. The molecule has 0 radical (unpaired) electrons. The molecule has 0 N–H and O–H groups in total. The molecule has 4 heterocycles. The number of aromatic nitrogens is 1. The quantitative estimate of drug-likeness (QED) is 0.141. The van der Waals surface area contributed by atoms with Gasteiger partial charge in [0.05, 0.1) is 0 Å². The molecule has 5 nitrogen and oxygen atoms in total. The second-order valence-electron chi connectivity index (χ2n) is 21.3. The van der Waals surface area contributed by atoms with E-state index in [1.54, 1.807) is 0 Å². The lowest BCUT2D eigenvalue weighted by molar-refractivity contribution is 0.590. The maximum Gasteiger partial charge on any atom is 0.254 e. The highest BCUT2D eigenvalue weighted by Gasteiger charge is 2.45. The molecular weight excluding hydrogens is 862 g/mol. The van der Waals surface area contributed by atoms with Gasteiger partial charge in [-0.05, 0) is 166 Å². The molecule has 0 spiro atoms. The van der Waals surface area contributed by atoms with E-state index < -0.39 is 0 Å². The number of rotatable bonds is 8. The van der Waals surface area contributed by atoms with Gasteiger partial charge in [-0.1, -0.05) is 145 Å². The monoisotopic (exact) mass is 919 g/mol. The van der Waals surface area contributed by atoms with E-state index in [1.165, 1.54) is 50.1 Å². The topological polar surface area (TPSA) is 17.4 Å². The Kier molecular flexibility index (Phi) is 10.6. The van der Waals surface area contributed by atoms with Crippen molar-refractivity contribution in [2.45, 2.75) is 59.3 Å². The number of anilines is 12. The Morgan fingerprint density at radius 1 is 0.380 bits per heavy atom. The van der Waals surface area contributed by atoms with E-state index in [-0.39, 0.29) is 17.5 Å². The Hall–Kier alpha value is -8.22. The molecule has 71 heavy (non-hydrogen) atoms. The molecule has 12 rings (SSSR count). The van der Waals surface area contributed by atoms with Gasteiger partial charge < -0.3 is 19.1 Å². The van der Waals surface area contributed by atoms with Crippen molar-refractivity contribution in [2.24, 2.45) is 0 Å². The first-order valence-electron chi connectivity index (χ1n) is 25.0. The van der Waals surface area contributed by atoms with Crippen molar-refractivity contribution in [3.8, 4) is 0 Å². The fourth-order valence-corrected chi connectivity index (χ4v) is 11.0. The van der Waals surface area contributed by atoms with E-state index in [1.807, 2.05) is 0 Å². The third kappa shape index (κ3) is 7.66. The summed E-state index contributed by atoms with van der Waals surface area (Å²) in [6.45, 7) is 15.9. The Morgan fingerprint density at radius 2 is 0.817 bits per heavy atom. The molecule has 0 atom stereocenters. The molecule has 0 saturated heterocycles. The molecule has 2 aliphatic heterocycles. The molecule has 8 aromatic carbocycles. The molecule has 346 valence electrons. The standard InChI is InChI=1S/C65H58BN5/c1-45-40-60-62-61(41-45)71(51-26-18-11-19-27-51)63-58(43-56-42-55(38-39-67(56)63)68(48-20-12-8-13-21-48)49-22-14-9-15-23-49)66(62)57-37-36-54(44-59(57)70(60)50-24-16-10-17-25-50)69(52-32-28-46(29-33-52)64(2,3)4)53-34-30-47(31-35-53)65(5,6)7/h8-44H,1-7H3. The van der Waals surface area contributed by atoms with Crippen LogP contribution >= 0.6 is 0 Å². The smallest absolute Gasteiger partial charge is 0.254 e. The van der Waals surface area contributed by atoms with Crippen LogP contribution < -0.4 is 36.0 Å². The van der Waals surface area contributed by atoms with Crippen LogP contribution in [0.25, 0.3) is 5.52 Å². The van der Waals surface area contributed by atoms with E-state index >= 15 is 0 Å². The molecular formula is C65H58BN5. The number of para-hydroxylation sites is 4. The highest BCUT2D eigenvalue weighted by atomic mass is 15.3. The van der Waals surface area contributed by atoms with E-state index in [0.717, 1.165) is 56.8 Å². The average Bonchev–Trinajstić information content (AvgIpc) is 3.76. The summed E-state index contributed by atoms with van der Waals surface area (Å²) in [6.07, 6.45) is 2.27. The Balaban J connectivity index is 1.10. The average molecular weight is 920 g/mol. The normalized spacial score (nSPS) is 12.9. The second-order valence-corrected chi connectivity index (χ2v) is 21.3. The predicted molar refractivity (Wildman–Crippen MR) is 303 cm³/mol. The SMILES string of the molecule is Cc1cc2c3c(c1)N(c1ccccc1)c1c(cc4cc(N(c5ccccc5)c5ccccc5)ccn14)B3c1ccc(N(c3ccc(C(C)(C)C)cc3)c3ccc(C(C)(C)C)cc3)cc1N2c1ccccc1. The summed E-state index contributed by atoms with van der Waals surface area (Å²) in [7, 11) is 0. The van der Waals surface area contributed by atoms with E-state index in [0.29, 0.717) is 0 Å². The van der Waals surface area contributed by atoms with Gasteiger partial charge in [0.2, 0.25) is 0 Å². The van der Waals surface area contributed by atoms with Gasteiger partial charge in [-0.25, -0.2) is 0 Å². The first-order chi connectivity index (χ1) is 34.4. The maximum absolute atomic E-state index is 2.52. The molecule has 0 saturated carbocycles.